The van der Waals surface area contributed by atoms with E-state index in [1.54, 1.807) is 0 Å². The number of hydrogen-bond donors (Lipinski definition) is 0. The van der Waals surface area contributed by atoms with Crippen LogP contribution in [0.1, 0.15) is 0 Å². The predicted octanol–water partition coefficient (Wildman–Crippen LogP) is 13.4. The molecule has 0 radical (unpaired) electrons. The maximum atomic E-state index is 6.94. The Bertz CT molecular complexity index is 3530. The highest BCUT2D eigenvalue weighted by Gasteiger charge is 2.21. The molecule has 6 heteroatoms. The minimum atomic E-state index is 0.558. The van der Waals surface area contributed by atoms with Crippen LogP contribution >= 0.6 is 0 Å². The summed E-state index contributed by atoms with van der Waals surface area (Å²) in [5, 5.41) is 6.52. The normalized spacial score (nSPS) is 11.9. The van der Waals surface area contributed by atoms with Gasteiger partial charge in [0.25, 0.3) is 0 Å². The van der Waals surface area contributed by atoms with Crippen molar-refractivity contribution in [2.45, 2.75) is 0 Å². The first kappa shape index (κ1) is 31.5. The number of hydrogen-bond acceptors (Lipinski definition) is 5. The van der Waals surface area contributed by atoms with Crippen molar-refractivity contribution < 1.29 is 8.83 Å². The third-order valence-corrected chi connectivity index (χ3v) is 11.0. The van der Waals surface area contributed by atoms with E-state index in [4.69, 9.17) is 23.8 Å². The van der Waals surface area contributed by atoms with Crippen LogP contribution in [-0.4, -0.2) is 19.5 Å². The Labute approximate surface area is 325 Å². The molecule has 0 aliphatic carbocycles. The van der Waals surface area contributed by atoms with Gasteiger partial charge in [0.1, 0.15) is 16.7 Å². The van der Waals surface area contributed by atoms with Gasteiger partial charge in [0.15, 0.2) is 23.1 Å². The summed E-state index contributed by atoms with van der Waals surface area (Å²) in [5.41, 5.74) is 11.4. The largest absolute Gasteiger partial charge is 0.456 e. The molecule has 0 fully saturated rings. The monoisotopic (exact) mass is 730 g/mol. The van der Waals surface area contributed by atoms with Crippen molar-refractivity contribution in [3.05, 3.63) is 182 Å². The van der Waals surface area contributed by atoms with Crippen LogP contribution in [0.15, 0.2) is 191 Å². The Hall–Kier alpha value is -7.83. The number of rotatable bonds is 5. The molecule has 0 saturated heterocycles. The van der Waals surface area contributed by atoms with Crippen molar-refractivity contribution in [1.29, 1.82) is 0 Å². The van der Waals surface area contributed by atoms with Crippen LogP contribution in [0.3, 0.4) is 0 Å². The van der Waals surface area contributed by atoms with Gasteiger partial charge in [0.2, 0.25) is 0 Å². The van der Waals surface area contributed by atoms with E-state index < -0.39 is 0 Å². The van der Waals surface area contributed by atoms with E-state index in [1.807, 2.05) is 54.6 Å². The van der Waals surface area contributed by atoms with E-state index in [-0.39, 0.29) is 0 Å². The van der Waals surface area contributed by atoms with Crippen LogP contribution in [-0.2, 0) is 0 Å². The highest BCUT2D eigenvalue weighted by Crippen LogP contribution is 2.42. The van der Waals surface area contributed by atoms with Crippen LogP contribution in [0.4, 0.5) is 0 Å². The average molecular weight is 731 g/mol. The highest BCUT2D eigenvalue weighted by atomic mass is 16.3. The third kappa shape index (κ3) is 5.01. The minimum absolute atomic E-state index is 0.558. The molecule has 0 amide bonds. The molecular weight excluding hydrogens is 701 g/mol. The van der Waals surface area contributed by atoms with Gasteiger partial charge < -0.3 is 13.4 Å². The molecule has 8 aromatic carbocycles. The number of nitrogens with zero attached hydrogens (tertiary/aromatic N) is 4. The Kier molecular flexibility index (Phi) is 6.83. The molecule has 266 valence electrons. The first-order chi connectivity index (χ1) is 28.2. The van der Waals surface area contributed by atoms with Gasteiger partial charge in [-0.2, -0.15) is 0 Å². The first-order valence-electron chi connectivity index (χ1n) is 19.0. The Morgan fingerprint density at radius 1 is 0.333 bits per heavy atom. The second-order valence-electron chi connectivity index (χ2n) is 14.4. The summed E-state index contributed by atoms with van der Waals surface area (Å²) >= 11 is 0. The van der Waals surface area contributed by atoms with Gasteiger partial charge in [-0.1, -0.05) is 127 Å². The second-order valence-corrected chi connectivity index (χ2v) is 14.4. The van der Waals surface area contributed by atoms with Gasteiger partial charge in [-0.15, -0.1) is 0 Å². The average Bonchev–Trinajstić information content (AvgIpc) is 3.96. The van der Waals surface area contributed by atoms with E-state index in [1.165, 1.54) is 10.9 Å². The Morgan fingerprint density at radius 3 is 1.63 bits per heavy atom. The number of furan rings is 2. The standard InChI is InChI=1S/C51H30N4O2/c1-3-12-31(13-4-1)33-16-11-17-36(28-33)55-43-20-9-7-18-37(43)41-26-27-42-40-25-23-35(30-46(40)57-48(42)47(41)55)51-53-49(32-14-5-2-6-15-32)52-50(54-51)34-22-24-39-38-19-8-10-21-44(38)56-45(39)29-34/h1-30H. The third-order valence-electron chi connectivity index (χ3n) is 11.0. The van der Waals surface area contributed by atoms with Crippen LogP contribution in [0.5, 0.6) is 0 Å². The Morgan fingerprint density at radius 2 is 0.877 bits per heavy atom. The fourth-order valence-corrected chi connectivity index (χ4v) is 8.36. The zero-order chi connectivity index (χ0) is 37.5. The van der Waals surface area contributed by atoms with Crippen molar-refractivity contribution in [1.82, 2.24) is 19.5 Å². The summed E-state index contributed by atoms with van der Waals surface area (Å²) in [5.74, 6) is 1.71. The molecule has 0 aliphatic rings. The predicted molar refractivity (Wildman–Crippen MR) is 230 cm³/mol. The lowest BCUT2D eigenvalue weighted by atomic mass is 10.1. The molecule has 12 aromatic rings. The lowest BCUT2D eigenvalue weighted by Gasteiger charge is -2.10. The molecule has 12 rings (SSSR count). The SMILES string of the molecule is c1ccc(-c2cccc(-n3c4ccccc4c4ccc5c6ccc(-c7nc(-c8ccccc8)nc(-c8ccc9c(c8)oc8ccccc89)n7)cc6oc5c43)c2)cc1. The number of aromatic nitrogens is 4. The molecule has 0 unspecified atom stereocenters. The smallest absolute Gasteiger partial charge is 0.164 e. The zero-order valence-electron chi connectivity index (χ0n) is 30.4. The van der Waals surface area contributed by atoms with Gasteiger partial charge in [-0.3, -0.25) is 0 Å². The number of fused-ring (bicyclic) bond motifs is 10. The van der Waals surface area contributed by atoms with Gasteiger partial charge in [0, 0.05) is 54.7 Å². The molecule has 0 atom stereocenters. The highest BCUT2D eigenvalue weighted by molar-refractivity contribution is 6.21. The molecule has 6 nitrogen and oxygen atoms in total. The molecule has 0 saturated carbocycles. The van der Waals surface area contributed by atoms with Crippen LogP contribution in [0.2, 0.25) is 0 Å². The van der Waals surface area contributed by atoms with E-state index in [9.17, 15) is 0 Å². The van der Waals surface area contributed by atoms with Crippen molar-refractivity contribution in [3.63, 3.8) is 0 Å². The lowest BCUT2D eigenvalue weighted by molar-refractivity contribution is 0.669. The van der Waals surface area contributed by atoms with Crippen molar-refractivity contribution in [2.24, 2.45) is 0 Å². The van der Waals surface area contributed by atoms with Crippen molar-refractivity contribution >= 4 is 65.7 Å². The maximum Gasteiger partial charge on any atom is 0.164 e. The molecular formula is C51H30N4O2. The summed E-state index contributed by atoms with van der Waals surface area (Å²) in [6.45, 7) is 0. The summed E-state index contributed by atoms with van der Waals surface area (Å²) in [4.78, 5) is 15.1. The van der Waals surface area contributed by atoms with Crippen molar-refractivity contribution in [2.75, 3.05) is 0 Å². The van der Waals surface area contributed by atoms with Gasteiger partial charge in [-0.25, -0.2) is 15.0 Å². The fourth-order valence-electron chi connectivity index (χ4n) is 8.36. The minimum Gasteiger partial charge on any atom is -0.456 e. The van der Waals surface area contributed by atoms with Gasteiger partial charge >= 0.3 is 0 Å². The molecule has 0 spiro atoms. The topological polar surface area (TPSA) is 69.9 Å². The zero-order valence-corrected chi connectivity index (χ0v) is 30.4. The molecule has 0 N–H and O–H groups in total. The summed E-state index contributed by atoms with van der Waals surface area (Å²) in [6, 6.07) is 62.8. The van der Waals surface area contributed by atoms with Crippen LogP contribution < -0.4 is 0 Å². The van der Waals surface area contributed by atoms with E-state index >= 15 is 0 Å². The molecule has 4 heterocycles. The van der Waals surface area contributed by atoms with Crippen molar-refractivity contribution in [3.8, 4) is 51.0 Å². The second kappa shape index (κ2) is 12.3. The summed E-state index contributed by atoms with van der Waals surface area (Å²) < 4.78 is 15.5. The van der Waals surface area contributed by atoms with E-state index in [0.29, 0.717) is 17.5 Å². The van der Waals surface area contributed by atoms with Crippen LogP contribution in [0.25, 0.3) is 117 Å². The fraction of sp³-hybridized carbons (Fsp3) is 0. The van der Waals surface area contributed by atoms with E-state index in [0.717, 1.165) is 88.2 Å². The quantitative estimate of drug-likeness (QED) is 0.176. The first-order valence-corrected chi connectivity index (χ1v) is 19.0. The number of benzene rings is 8. The molecule has 57 heavy (non-hydrogen) atoms. The molecule has 0 bridgehead atoms. The molecule has 0 aliphatic heterocycles. The summed E-state index contributed by atoms with van der Waals surface area (Å²) in [6.07, 6.45) is 0. The maximum absolute atomic E-state index is 6.94. The van der Waals surface area contributed by atoms with E-state index in [2.05, 4.69) is 132 Å². The Balaban J connectivity index is 1.04. The van der Waals surface area contributed by atoms with Crippen LogP contribution in [0, 0.1) is 0 Å². The number of para-hydroxylation sites is 2. The summed E-state index contributed by atoms with van der Waals surface area (Å²) in [7, 11) is 0. The van der Waals surface area contributed by atoms with Gasteiger partial charge in [-0.05, 0) is 65.7 Å². The van der Waals surface area contributed by atoms with Gasteiger partial charge in [0.05, 0.1) is 11.0 Å². The lowest BCUT2D eigenvalue weighted by Crippen LogP contribution is -2.00. The molecule has 4 aromatic heterocycles.